The molecule has 2 rings (SSSR count). The van der Waals surface area contributed by atoms with Gasteiger partial charge in [0.25, 0.3) is 0 Å². The van der Waals surface area contributed by atoms with Crippen LogP contribution in [0.5, 0.6) is 0 Å². The summed E-state index contributed by atoms with van der Waals surface area (Å²) in [7, 11) is 0. The molecule has 0 fully saturated rings. The predicted octanol–water partition coefficient (Wildman–Crippen LogP) is 2.02. The summed E-state index contributed by atoms with van der Waals surface area (Å²) in [6, 6.07) is 8.13. The molecule has 0 amide bonds. The summed E-state index contributed by atoms with van der Waals surface area (Å²) in [6.07, 6.45) is 1.88. The van der Waals surface area contributed by atoms with E-state index in [0.717, 1.165) is 24.2 Å². The Hall–Kier alpha value is -1.68. The number of aliphatic hydroxyl groups excluding tert-OH is 1. The molecule has 1 aromatic heterocycles. The topological polar surface area (TPSA) is 50.9 Å². The van der Waals surface area contributed by atoms with Gasteiger partial charge in [-0.15, -0.1) is 5.10 Å². The molecule has 0 saturated carbocycles. The van der Waals surface area contributed by atoms with Crippen LogP contribution in [0.1, 0.15) is 30.3 Å². The van der Waals surface area contributed by atoms with E-state index in [1.54, 1.807) is 0 Å². The number of rotatable bonds is 4. The zero-order valence-electron chi connectivity index (χ0n) is 10.2. The van der Waals surface area contributed by atoms with Crippen LogP contribution >= 0.6 is 0 Å². The average molecular weight is 231 g/mol. The summed E-state index contributed by atoms with van der Waals surface area (Å²) in [5.41, 5.74) is 3.88. The molecule has 0 aliphatic heterocycles. The van der Waals surface area contributed by atoms with Gasteiger partial charge >= 0.3 is 0 Å². The zero-order valence-corrected chi connectivity index (χ0v) is 10.2. The first-order valence-electron chi connectivity index (χ1n) is 5.87. The lowest BCUT2D eigenvalue weighted by Crippen LogP contribution is -2.03. The number of aliphatic hydroxyl groups is 1. The second-order valence-corrected chi connectivity index (χ2v) is 4.14. The summed E-state index contributed by atoms with van der Waals surface area (Å²) in [4.78, 5) is 0. The van der Waals surface area contributed by atoms with Crippen LogP contribution in [0, 0.1) is 6.92 Å². The molecule has 4 heteroatoms. The van der Waals surface area contributed by atoms with Crippen LogP contribution in [-0.2, 0) is 13.0 Å². The van der Waals surface area contributed by atoms with Gasteiger partial charge in [-0.1, -0.05) is 36.3 Å². The number of hydrogen-bond donors (Lipinski definition) is 1. The lowest BCUT2D eigenvalue weighted by molar-refractivity contribution is 0.275. The van der Waals surface area contributed by atoms with Crippen molar-refractivity contribution in [1.82, 2.24) is 15.0 Å². The van der Waals surface area contributed by atoms with Crippen molar-refractivity contribution in [3.8, 4) is 5.69 Å². The maximum Gasteiger partial charge on any atom is 0.112 e. The van der Waals surface area contributed by atoms with Crippen LogP contribution in [-0.4, -0.2) is 20.1 Å². The highest BCUT2D eigenvalue weighted by Crippen LogP contribution is 2.15. The standard InChI is InChI=1S/C13H17N3O/c1-3-4-13-12(9-17)14-15-16(13)11-7-5-10(2)6-8-11/h5-8,17H,3-4,9H2,1-2H3. The molecule has 0 spiro atoms. The molecule has 1 aromatic carbocycles. The van der Waals surface area contributed by atoms with Crippen molar-refractivity contribution >= 4 is 0 Å². The van der Waals surface area contributed by atoms with E-state index in [1.807, 2.05) is 28.9 Å². The summed E-state index contributed by atoms with van der Waals surface area (Å²) < 4.78 is 1.81. The van der Waals surface area contributed by atoms with E-state index in [0.29, 0.717) is 5.69 Å². The van der Waals surface area contributed by atoms with E-state index in [4.69, 9.17) is 0 Å². The van der Waals surface area contributed by atoms with E-state index < -0.39 is 0 Å². The summed E-state index contributed by atoms with van der Waals surface area (Å²) in [5, 5.41) is 17.4. The van der Waals surface area contributed by atoms with Gasteiger partial charge in [-0.3, -0.25) is 0 Å². The van der Waals surface area contributed by atoms with Gasteiger partial charge in [0.2, 0.25) is 0 Å². The molecule has 0 saturated heterocycles. The van der Waals surface area contributed by atoms with Crippen molar-refractivity contribution < 1.29 is 5.11 Å². The van der Waals surface area contributed by atoms with Crippen LogP contribution in [0.2, 0.25) is 0 Å². The summed E-state index contributed by atoms with van der Waals surface area (Å²) in [6.45, 7) is 4.10. The fraction of sp³-hybridized carbons (Fsp3) is 0.385. The van der Waals surface area contributed by atoms with Gasteiger partial charge in [0.1, 0.15) is 5.69 Å². The minimum absolute atomic E-state index is 0.0544. The first-order chi connectivity index (χ1) is 8.26. The molecular formula is C13H17N3O. The third-order valence-corrected chi connectivity index (χ3v) is 2.76. The molecule has 0 atom stereocenters. The van der Waals surface area contributed by atoms with Crippen molar-refractivity contribution in [3.63, 3.8) is 0 Å². The largest absolute Gasteiger partial charge is 0.390 e. The van der Waals surface area contributed by atoms with Crippen LogP contribution in [0.25, 0.3) is 5.69 Å². The first-order valence-corrected chi connectivity index (χ1v) is 5.87. The molecule has 0 unspecified atom stereocenters. The van der Waals surface area contributed by atoms with Crippen molar-refractivity contribution in [2.24, 2.45) is 0 Å². The third kappa shape index (κ3) is 2.36. The van der Waals surface area contributed by atoms with Crippen molar-refractivity contribution in [2.75, 3.05) is 0 Å². The Morgan fingerprint density at radius 1 is 1.24 bits per heavy atom. The summed E-state index contributed by atoms with van der Waals surface area (Å²) >= 11 is 0. The molecular weight excluding hydrogens is 214 g/mol. The maximum atomic E-state index is 9.23. The minimum Gasteiger partial charge on any atom is -0.390 e. The molecule has 0 aliphatic rings. The highest BCUT2D eigenvalue weighted by molar-refractivity contribution is 5.35. The fourth-order valence-corrected chi connectivity index (χ4v) is 1.84. The molecule has 90 valence electrons. The smallest absolute Gasteiger partial charge is 0.112 e. The SMILES string of the molecule is CCCc1c(CO)nnn1-c1ccc(C)cc1. The van der Waals surface area contributed by atoms with E-state index in [2.05, 4.69) is 24.2 Å². The van der Waals surface area contributed by atoms with Gasteiger partial charge in [0.05, 0.1) is 18.0 Å². The Balaban J connectivity index is 2.43. The quantitative estimate of drug-likeness (QED) is 0.875. The predicted molar refractivity (Wildman–Crippen MR) is 66.0 cm³/mol. The van der Waals surface area contributed by atoms with Gasteiger partial charge in [0.15, 0.2) is 0 Å². The van der Waals surface area contributed by atoms with E-state index in [-0.39, 0.29) is 6.61 Å². The van der Waals surface area contributed by atoms with E-state index >= 15 is 0 Å². The van der Waals surface area contributed by atoms with Crippen LogP contribution < -0.4 is 0 Å². The van der Waals surface area contributed by atoms with Gasteiger partial charge in [-0.25, -0.2) is 4.68 Å². The second kappa shape index (κ2) is 5.10. The van der Waals surface area contributed by atoms with Gasteiger partial charge in [-0.05, 0) is 25.5 Å². The molecule has 0 bridgehead atoms. The van der Waals surface area contributed by atoms with Crippen LogP contribution in [0.4, 0.5) is 0 Å². The number of hydrogen-bond acceptors (Lipinski definition) is 3. The fourth-order valence-electron chi connectivity index (χ4n) is 1.84. The normalized spacial score (nSPS) is 10.8. The van der Waals surface area contributed by atoms with Crippen LogP contribution in [0.15, 0.2) is 24.3 Å². The van der Waals surface area contributed by atoms with Crippen LogP contribution in [0.3, 0.4) is 0 Å². The highest BCUT2D eigenvalue weighted by Gasteiger charge is 2.12. The molecule has 0 aliphatic carbocycles. The maximum absolute atomic E-state index is 9.23. The van der Waals surface area contributed by atoms with E-state index in [9.17, 15) is 5.11 Å². The van der Waals surface area contributed by atoms with Gasteiger partial charge < -0.3 is 5.11 Å². The van der Waals surface area contributed by atoms with Gasteiger partial charge in [-0.2, -0.15) is 0 Å². The Bertz CT molecular complexity index is 488. The van der Waals surface area contributed by atoms with E-state index in [1.165, 1.54) is 5.56 Å². The third-order valence-electron chi connectivity index (χ3n) is 2.76. The Morgan fingerprint density at radius 3 is 2.53 bits per heavy atom. The van der Waals surface area contributed by atoms with Crippen molar-refractivity contribution in [2.45, 2.75) is 33.3 Å². The number of nitrogens with zero attached hydrogens (tertiary/aromatic N) is 3. The minimum atomic E-state index is -0.0544. The molecule has 1 N–H and O–H groups in total. The number of aromatic nitrogens is 3. The lowest BCUT2D eigenvalue weighted by atomic mass is 10.2. The molecule has 2 aromatic rings. The van der Waals surface area contributed by atoms with Crippen molar-refractivity contribution in [3.05, 3.63) is 41.2 Å². The van der Waals surface area contributed by atoms with Gasteiger partial charge in [0, 0.05) is 0 Å². The second-order valence-electron chi connectivity index (χ2n) is 4.14. The highest BCUT2D eigenvalue weighted by atomic mass is 16.3. The number of benzene rings is 1. The molecule has 0 radical (unpaired) electrons. The van der Waals surface area contributed by atoms with Crippen molar-refractivity contribution in [1.29, 1.82) is 0 Å². The molecule has 1 heterocycles. The monoisotopic (exact) mass is 231 g/mol. The molecule has 4 nitrogen and oxygen atoms in total. The lowest BCUT2D eigenvalue weighted by Gasteiger charge is -2.06. The molecule has 17 heavy (non-hydrogen) atoms. The Labute approximate surface area is 101 Å². The summed E-state index contributed by atoms with van der Waals surface area (Å²) in [5.74, 6) is 0. The number of aryl methyl sites for hydroxylation is 1. The zero-order chi connectivity index (χ0) is 12.3. The first kappa shape index (κ1) is 11.8. The average Bonchev–Trinajstić information content (AvgIpc) is 2.74. The Kier molecular flexibility index (Phi) is 3.54. The Morgan fingerprint density at radius 2 is 1.94 bits per heavy atom.